The van der Waals surface area contributed by atoms with Crippen molar-refractivity contribution >= 4 is 57.1 Å². The van der Waals surface area contributed by atoms with Gasteiger partial charge in [0.25, 0.3) is 0 Å². The van der Waals surface area contributed by atoms with Gasteiger partial charge in [-0.1, -0.05) is 25.1 Å². The molecule has 9 nitrogen and oxygen atoms in total. The Kier molecular flexibility index (Phi) is 5.74. The highest BCUT2D eigenvalue weighted by Crippen LogP contribution is 2.52. The first-order valence-corrected chi connectivity index (χ1v) is 13.8. The van der Waals surface area contributed by atoms with E-state index in [1.165, 1.54) is 28.0 Å². The fraction of sp³-hybridized carbons (Fsp3) is 0.308. The van der Waals surface area contributed by atoms with Crippen molar-refractivity contribution in [1.29, 1.82) is 0 Å². The molecule has 1 aromatic carbocycles. The van der Waals surface area contributed by atoms with Crippen molar-refractivity contribution in [2.24, 2.45) is 11.8 Å². The van der Waals surface area contributed by atoms with Gasteiger partial charge in [0.2, 0.25) is 5.91 Å². The second-order valence-electron chi connectivity index (χ2n) is 9.18. The summed E-state index contributed by atoms with van der Waals surface area (Å²) in [5.74, 6) is -1.82. The topological polar surface area (TPSA) is 110 Å². The van der Waals surface area contributed by atoms with E-state index in [9.17, 15) is 19.5 Å². The Morgan fingerprint density at radius 1 is 1.32 bits per heavy atom. The first kappa shape index (κ1) is 24.0. The standard InChI is InChI=1S/C26H23N3O6S2/c1-12-18(17-10-28-11-27-22(36-3)24(28)37-17)21(29-20(12)19(13(2)30)23(29)31)26(33)34-9-8-16-14-6-4-5-7-15(14)25(32)35-16/h4-8,10-13,19-20,30H,9H2,1-3H3/b16-8-/t12-,13+,19+,20+/m0/s1. The maximum atomic E-state index is 13.5. The third-order valence-electron chi connectivity index (χ3n) is 7.10. The summed E-state index contributed by atoms with van der Waals surface area (Å²) >= 11 is 3.04. The van der Waals surface area contributed by atoms with Crippen LogP contribution in [-0.2, 0) is 19.1 Å². The van der Waals surface area contributed by atoms with E-state index in [1.54, 1.807) is 43.6 Å². The van der Waals surface area contributed by atoms with Crippen LogP contribution in [0.25, 0.3) is 16.2 Å². The van der Waals surface area contributed by atoms with Gasteiger partial charge in [0, 0.05) is 23.3 Å². The summed E-state index contributed by atoms with van der Waals surface area (Å²) in [6, 6.07) is 6.67. The maximum absolute atomic E-state index is 13.5. The molecular weight excluding hydrogens is 514 g/mol. The number of aliphatic hydroxyl groups is 1. The summed E-state index contributed by atoms with van der Waals surface area (Å²) in [5.41, 5.74) is 2.02. The quantitative estimate of drug-likeness (QED) is 0.289. The number of carbonyl (C=O) groups excluding carboxylic acids is 3. The smallest absolute Gasteiger partial charge is 0.355 e. The molecule has 1 amide bonds. The number of aliphatic hydroxyl groups excluding tert-OH is 1. The van der Waals surface area contributed by atoms with Gasteiger partial charge in [-0.3, -0.25) is 9.20 Å². The van der Waals surface area contributed by atoms with Crippen molar-refractivity contribution in [3.05, 3.63) is 64.6 Å². The summed E-state index contributed by atoms with van der Waals surface area (Å²) < 4.78 is 12.8. The Balaban J connectivity index is 1.33. The van der Waals surface area contributed by atoms with E-state index < -0.39 is 24.0 Å². The van der Waals surface area contributed by atoms with Crippen LogP contribution in [0.4, 0.5) is 0 Å². The number of fused-ring (bicyclic) bond motifs is 3. The van der Waals surface area contributed by atoms with Crippen LogP contribution in [0.5, 0.6) is 0 Å². The molecule has 4 atom stereocenters. The van der Waals surface area contributed by atoms with Gasteiger partial charge in [-0.05, 0) is 25.3 Å². The molecule has 11 heteroatoms. The largest absolute Gasteiger partial charge is 0.457 e. The van der Waals surface area contributed by atoms with Gasteiger partial charge >= 0.3 is 11.9 Å². The van der Waals surface area contributed by atoms with E-state index in [0.29, 0.717) is 16.9 Å². The molecule has 0 radical (unpaired) electrons. The van der Waals surface area contributed by atoms with Crippen LogP contribution in [0.1, 0.15) is 34.6 Å². The van der Waals surface area contributed by atoms with Crippen molar-refractivity contribution in [3.63, 3.8) is 0 Å². The minimum absolute atomic E-state index is 0.139. The highest BCUT2D eigenvalue weighted by atomic mass is 32.2. The van der Waals surface area contributed by atoms with Crippen LogP contribution in [0.3, 0.4) is 0 Å². The zero-order chi connectivity index (χ0) is 26.0. The van der Waals surface area contributed by atoms with E-state index >= 15 is 0 Å². The molecule has 0 spiro atoms. The minimum atomic E-state index is -0.832. The molecule has 3 aromatic rings. The Morgan fingerprint density at radius 2 is 2.08 bits per heavy atom. The predicted molar refractivity (Wildman–Crippen MR) is 138 cm³/mol. The van der Waals surface area contributed by atoms with E-state index in [2.05, 4.69) is 4.98 Å². The second kappa shape index (κ2) is 8.86. The number of rotatable bonds is 6. The first-order chi connectivity index (χ1) is 17.8. The SMILES string of the molecule is CSc1ncn2cc(C3=C(C(=O)OC/C=C4\OC(=O)c5ccccc54)N4C(=O)[C@H]([C@@H](C)O)[C@H]4[C@H]3C)sc12. The summed E-state index contributed by atoms with van der Waals surface area (Å²) in [6.45, 7) is 3.43. The third-order valence-corrected chi connectivity index (χ3v) is 9.06. The lowest BCUT2D eigenvalue weighted by molar-refractivity contribution is -0.164. The molecule has 1 fully saturated rings. The number of thioether (sulfide) groups is 1. The van der Waals surface area contributed by atoms with Crippen molar-refractivity contribution in [2.75, 3.05) is 12.9 Å². The van der Waals surface area contributed by atoms with Gasteiger partial charge in [-0.2, -0.15) is 0 Å². The molecule has 6 rings (SSSR count). The summed E-state index contributed by atoms with van der Waals surface area (Å²) in [6.07, 6.45) is 6.30. The molecule has 3 aliphatic heterocycles. The number of thiazole rings is 1. The second-order valence-corrected chi connectivity index (χ2v) is 11.0. The van der Waals surface area contributed by atoms with Gasteiger partial charge < -0.3 is 19.5 Å². The van der Waals surface area contributed by atoms with Crippen LogP contribution in [0.2, 0.25) is 0 Å². The number of β-lactam (4-membered cyclic amide) rings is 1. The van der Waals surface area contributed by atoms with Crippen LogP contribution < -0.4 is 0 Å². The Morgan fingerprint density at radius 3 is 2.81 bits per heavy atom. The maximum Gasteiger partial charge on any atom is 0.355 e. The molecule has 0 unspecified atom stereocenters. The fourth-order valence-electron chi connectivity index (χ4n) is 5.42. The number of amides is 1. The Bertz CT molecular complexity index is 1530. The van der Waals surface area contributed by atoms with Gasteiger partial charge in [0.1, 0.15) is 34.2 Å². The molecule has 0 aliphatic carbocycles. The molecule has 0 bridgehead atoms. The Hall–Kier alpha value is -3.41. The minimum Gasteiger partial charge on any atom is -0.457 e. The number of benzene rings is 1. The summed E-state index contributed by atoms with van der Waals surface area (Å²) in [7, 11) is 0. The number of carbonyl (C=O) groups is 3. The molecule has 190 valence electrons. The molecule has 1 saturated heterocycles. The number of cyclic esters (lactones) is 1. The number of imidazole rings is 1. The van der Waals surface area contributed by atoms with Crippen LogP contribution in [-0.4, -0.2) is 62.2 Å². The van der Waals surface area contributed by atoms with Crippen molar-refractivity contribution in [1.82, 2.24) is 14.3 Å². The average Bonchev–Trinajstić information content (AvgIpc) is 3.59. The van der Waals surface area contributed by atoms with E-state index in [4.69, 9.17) is 9.47 Å². The van der Waals surface area contributed by atoms with Gasteiger partial charge in [-0.25, -0.2) is 14.6 Å². The summed E-state index contributed by atoms with van der Waals surface area (Å²) in [5, 5.41) is 11.1. The monoisotopic (exact) mass is 537 g/mol. The molecule has 5 heterocycles. The lowest BCUT2D eigenvalue weighted by Crippen LogP contribution is -2.63. The third kappa shape index (κ3) is 3.56. The normalized spacial score (nSPS) is 24.4. The van der Waals surface area contributed by atoms with Crippen molar-refractivity contribution in [3.8, 4) is 0 Å². The first-order valence-electron chi connectivity index (χ1n) is 11.8. The highest BCUT2D eigenvalue weighted by Gasteiger charge is 2.60. The number of esters is 2. The van der Waals surface area contributed by atoms with Crippen LogP contribution in [0.15, 0.2) is 53.6 Å². The number of hydrogen-bond donors (Lipinski definition) is 1. The lowest BCUT2D eigenvalue weighted by atomic mass is 9.77. The van der Waals surface area contributed by atoms with Crippen LogP contribution >= 0.6 is 23.1 Å². The number of nitrogens with zero attached hydrogens (tertiary/aromatic N) is 3. The van der Waals surface area contributed by atoms with Gasteiger partial charge in [0.15, 0.2) is 0 Å². The molecule has 2 aromatic heterocycles. The van der Waals surface area contributed by atoms with Crippen molar-refractivity contribution in [2.45, 2.75) is 31.0 Å². The number of ether oxygens (including phenoxy) is 2. The number of hydrogen-bond acceptors (Lipinski definition) is 9. The lowest BCUT2D eigenvalue weighted by Gasteiger charge is -2.46. The zero-order valence-corrected chi connectivity index (χ0v) is 21.8. The van der Waals surface area contributed by atoms with E-state index in [1.807, 2.05) is 23.8 Å². The Labute approximate surface area is 220 Å². The number of aromatic nitrogens is 2. The van der Waals surface area contributed by atoms with Gasteiger partial charge in [-0.15, -0.1) is 23.1 Å². The zero-order valence-electron chi connectivity index (χ0n) is 20.2. The molecule has 1 N–H and O–H groups in total. The predicted octanol–water partition coefficient (Wildman–Crippen LogP) is 3.44. The van der Waals surface area contributed by atoms with E-state index in [0.717, 1.165) is 20.3 Å². The summed E-state index contributed by atoms with van der Waals surface area (Å²) in [4.78, 5) is 46.2. The van der Waals surface area contributed by atoms with E-state index in [-0.39, 0.29) is 30.2 Å². The molecule has 37 heavy (non-hydrogen) atoms. The van der Waals surface area contributed by atoms with Crippen molar-refractivity contribution < 1.29 is 29.0 Å². The van der Waals surface area contributed by atoms with Gasteiger partial charge in [0.05, 0.1) is 28.5 Å². The fourth-order valence-corrected chi connectivity index (χ4v) is 7.34. The molecule has 0 saturated carbocycles. The average molecular weight is 538 g/mol. The molecule has 3 aliphatic rings. The highest BCUT2D eigenvalue weighted by molar-refractivity contribution is 7.98. The molecular formula is C26H23N3O6S2. The van der Waals surface area contributed by atoms with Crippen LogP contribution in [0, 0.1) is 11.8 Å².